The molecule has 0 bridgehead atoms. The van der Waals surface area contributed by atoms with Gasteiger partial charge in [0.05, 0.1) is 0 Å². The van der Waals surface area contributed by atoms with Crippen LogP contribution in [0, 0.1) is 0 Å². The summed E-state index contributed by atoms with van der Waals surface area (Å²) in [4.78, 5) is 0.345. The molecule has 78 valence electrons. The van der Waals surface area contributed by atoms with Crippen LogP contribution in [-0.2, 0) is 6.61 Å². The first kappa shape index (κ1) is 10.4. The Hall–Kier alpha value is -1.07. The lowest BCUT2D eigenvalue weighted by molar-refractivity contribution is 0.260. The lowest BCUT2D eigenvalue weighted by atomic mass is 10.3. The number of nitrogens with zero attached hydrogens (tertiary/aromatic N) is 2. The van der Waals surface area contributed by atoms with E-state index in [-0.39, 0.29) is 6.61 Å². The first-order valence-corrected chi connectivity index (χ1v) is 5.27. The van der Waals surface area contributed by atoms with Crippen molar-refractivity contribution in [2.24, 2.45) is 0 Å². The monoisotopic (exact) mass is 288 g/mol. The number of ether oxygens (including phenoxy) is 1. The highest BCUT2D eigenvalue weighted by atomic mass is 79.9. The van der Waals surface area contributed by atoms with Crippen molar-refractivity contribution < 1.29 is 9.15 Å². The van der Waals surface area contributed by atoms with Gasteiger partial charge in [0.25, 0.3) is 10.7 Å². The Kier molecular flexibility index (Phi) is 3.23. The van der Waals surface area contributed by atoms with Crippen LogP contribution < -0.4 is 4.74 Å². The lowest BCUT2D eigenvalue weighted by Crippen LogP contribution is -1.95. The van der Waals surface area contributed by atoms with E-state index in [0.29, 0.717) is 21.5 Å². The molecule has 0 N–H and O–H groups in total. The summed E-state index contributed by atoms with van der Waals surface area (Å²) in [5.74, 6) is 1.12. The molecule has 0 saturated carbocycles. The molecule has 0 aliphatic rings. The van der Waals surface area contributed by atoms with Crippen LogP contribution in [0.1, 0.15) is 5.89 Å². The molecule has 1 aromatic carbocycles. The van der Waals surface area contributed by atoms with Crippen LogP contribution in [0.5, 0.6) is 5.75 Å². The van der Waals surface area contributed by atoms with Gasteiger partial charge >= 0.3 is 0 Å². The zero-order chi connectivity index (χ0) is 10.7. The Morgan fingerprint density at radius 3 is 2.60 bits per heavy atom. The van der Waals surface area contributed by atoms with Gasteiger partial charge in [-0.1, -0.05) is 11.6 Å². The van der Waals surface area contributed by atoms with Crippen LogP contribution in [0.15, 0.2) is 33.5 Å². The maximum Gasteiger partial charge on any atom is 0.284 e. The molecule has 15 heavy (non-hydrogen) atoms. The van der Waals surface area contributed by atoms with Gasteiger partial charge in [0, 0.05) is 21.0 Å². The second kappa shape index (κ2) is 4.63. The number of hydrogen-bond acceptors (Lipinski definition) is 4. The van der Waals surface area contributed by atoms with E-state index in [4.69, 9.17) is 20.8 Å². The van der Waals surface area contributed by atoms with Crippen molar-refractivity contribution in [2.75, 3.05) is 0 Å². The molecule has 1 heterocycles. The standard InChI is InChI=1S/C9H6BrClN2O2/c10-9-13-12-8(15-9)5-14-7-3-1-6(11)2-4-7/h1-4H,5H2. The lowest BCUT2D eigenvalue weighted by Gasteiger charge is -2.02. The minimum atomic E-state index is 0.236. The van der Waals surface area contributed by atoms with Gasteiger partial charge in [-0.25, -0.2) is 0 Å². The molecule has 0 unspecified atom stereocenters. The summed E-state index contributed by atoms with van der Waals surface area (Å²) in [5, 5.41) is 8.05. The van der Waals surface area contributed by atoms with Gasteiger partial charge in [-0.2, -0.15) is 0 Å². The molecule has 0 radical (unpaired) electrons. The molecule has 0 aliphatic heterocycles. The fraction of sp³-hybridized carbons (Fsp3) is 0.111. The van der Waals surface area contributed by atoms with E-state index < -0.39 is 0 Å². The van der Waals surface area contributed by atoms with E-state index in [9.17, 15) is 0 Å². The Labute approximate surface area is 99.3 Å². The predicted octanol–water partition coefficient (Wildman–Crippen LogP) is 3.06. The number of halogens is 2. The second-order valence-corrected chi connectivity index (χ2v) is 3.81. The predicted molar refractivity (Wildman–Crippen MR) is 57.8 cm³/mol. The van der Waals surface area contributed by atoms with Gasteiger partial charge in [-0.05, 0) is 24.3 Å². The smallest absolute Gasteiger partial charge is 0.284 e. The van der Waals surface area contributed by atoms with Gasteiger partial charge in [-0.3, -0.25) is 0 Å². The molecule has 0 saturated heterocycles. The molecular weight excluding hydrogens is 283 g/mol. The topological polar surface area (TPSA) is 48.2 Å². The minimum Gasteiger partial charge on any atom is -0.484 e. The van der Waals surface area contributed by atoms with E-state index in [0.717, 1.165) is 0 Å². The van der Waals surface area contributed by atoms with Crippen LogP contribution in [0.4, 0.5) is 0 Å². The zero-order valence-corrected chi connectivity index (χ0v) is 9.83. The van der Waals surface area contributed by atoms with E-state index in [1.807, 2.05) is 0 Å². The minimum absolute atomic E-state index is 0.236. The van der Waals surface area contributed by atoms with Crippen LogP contribution in [-0.4, -0.2) is 10.2 Å². The van der Waals surface area contributed by atoms with Gasteiger partial charge < -0.3 is 9.15 Å². The third-order valence-electron chi connectivity index (χ3n) is 1.62. The molecule has 0 aliphatic carbocycles. The third-order valence-corrected chi connectivity index (χ3v) is 2.19. The molecule has 0 fully saturated rings. The summed E-state index contributed by atoms with van der Waals surface area (Å²) in [5.41, 5.74) is 0. The maximum atomic E-state index is 5.73. The molecular formula is C9H6BrClN2O2. The van der Waals surface area contributed by atoms with E-state index in [1.165, 1.54) is 0 Å². The van der Waals surface area contributed by atoms with Crippen molar-refractivity contribution in [3.63, 3.8) is 0 Å². The molecule has 1 aromatic heterocycles. The maximum absolute atomic E-state index is 5.73. The summed E-state index contributed by atoms with van der Waals surface area (Å²) in [7, 11) is 0. The number of benzene rings is 1. The summed E-state index contributed by atoms with van der Waals surface area (Å²) in [6.07, 6.45) is 0. The van der Waals surface area contributed by atoms with E-state index in [1.54, 1.807) is 24.3 Å². The first-order valence-electron chi connectivity index (χ1n) is 4.10. The Morgan fingerprint density at radius 2 is 2.00 bits per heavy atom. The third kappa shape index (κ3) is 2.94. The normalized spacial score (nSPS) is 10.3. The molecule has 2 aromatic rings. The number of hydrogen-bond donors (Lipinski definition) is 0. The number of aromatic nitrogens is 2. The summed E-state index contributed by atoms with van der Waals surface area (Å²) >= 11 is 8.78. The van der Waals surface area contributed by atoms with Crippen molar-refractivity contribution in [1.82, 2.24) is 10.2 Å². The SMILES string of the molecule is Clc1ccc(OCc2nnc(Br)o2)cc1. The van der Waals surface area contributed by atoms with Crippen LogP contribution in [0.3, 0.4) is 0 Å². The largest absolute Gasteiger partial charge is 0.484 e. The molecule has 0 atom stereocenters. The van der Waals surface area contributed by atoms with Gasteiger partial charge in [0.15, 0.2) is 6.61 Å². The van der Waals surface area contributed by atoms with Crippen molar-refractivity contribution in [1.29, 1.82) is 0 Å². The summed E-state index contributed by atoms with van der Waals surface area (Å²) in [6, 6.07) is 7.04. The van der Waals surface area contributed by atoms with Crippen molar-refractivity contribution in [3.05, 3.63) is 40.0 Å². The second-order valence-electron chi connectivity index (χ2n) is 2.69. The first-order chi connectivity index (χ1) is 7.24. The molecule has 0 amide bonds. The van der Waals surface area contributed by atoms with Crippen LogP contribution in [0.25, 0.3) is 0 Å². The highest BCUT2D eigenvalue weighted by Gasteiger charge is 2.03. The highest BCUT2D eigenvalue weighted by Crippen LogP contribution is 2.17. The Bertz CT molecular complexity index is 444. The fourth-order valence-corrected chi connectivity index (χ4v) is 1.36. The van der Waals surface area contributed by atoms with Gasteiger partial charge in [-0.15, -0.1) is 10.2 Å². The van der Waals surface area contributed by atoms with Crippen molar-refractivity contribution in [2.45, 2.75) is 6.61 Å². The quantitative estimate of drug-likeness (QED) is 0.871. The van der Waals surface area contributed by atoms with Crippen molar-refractivity contribution >= 4 is 27.5 Å². The molecule has 0 spiro atoms. The van der Waals surface area contributed by atoms with Crippen LogP contribution >= 0.6 is 27.5 Å². The molecule has 2 rings (SSSR count). The van der Waals surface area contributed by atoms with E-state index in [2.05, 4.69) is 26.1 Å². The highest BCUT2D eigenvalue weighted by molar-refractivity contribution is 9.10. The van der Waals surface area contributed by atoms with E-state index >= 15 is 0 Å². The molecule has 4 nitrogen and oxygen atoms in total. The van der Waals surface area contributed by atoms with Crippen molar-refractivity contribution in [3.8, 4) is 5.75 Å². The number of rotatable bonds is 3. The Morgan fingerprint density at radius 1 is 1.27 bits per heavy atom. The average molecular weight is 290 g/mol. The average Bonchev–Trinajstić information content (AvgIpc) is 2.64. The zero-order valence-electron chi connectivity index (χ0n) is 7.48. The van der Waals surface area contributed by atoms with Crippen LogP contribution in [0.2, 0.25) is 5.02 Å². The molecule has 6 heteroatoms. The Balaban J connectivity index is 1.96. The fourth-order valence-electron chi connectivity index (χ4n) is 0.967. The summed E-state index contributed by atoms with van der Waals surface area (Å²) in [6.45, 7) is 0.236. The van der Waals surface area contributed by atoms with Gasteiger partial charge in [0.2, 0.25) is 0 Å². The summed E-state index contributed by atoms with van der Waals surface area (Å²) < 4.78 is 10.5. The van der Waals surface area contributed by atoms with Gasteiger partial charge in [0.1, 0.15) is 5.75 Å².